The molecule has 4 nitrogen and oxygen atoms in total. The first-order valence-electron chi connectivity index (χ1n) is 8.16. The van der Waals surface area contributed by atoms with Crippen molar-refractivity contribution >= 4 is 17.5 Å². The molecule has 2 rings (SSSR count). The Morgan fingerprint density at radius 2 is 1.71 bits per heavy atom. The molecule has 0 atom stereocenters. The Bertz CT molecular complexity index is 706. The third kappa shape index (κ3) is 5.54. The molecule has 0 spiro atoms. The lowest BCUT2D eigenvalue weighted by atomic mass is 10.0. The fourth-order valence-corrected chi connectivity index (χ4v) is 2.39. The van der Waals surface area contributed by atoms with Crippen molar-refractivity contribution in [3.8, 4) is 0 Å². The maximum Gasteiger partial charge on any atom is 0.233 e. The van der Waals surface area contributed by atoms with Crippen LogP contribution in [0.15, 0.2) is 48.5 Å². The van der Waals surface area contributed by atoms with Crippen LogP contribution in [-0.2, 0) is 16.1 Å². The average Bonchev–Trinajstić information content (AvgIpc) is 2.53. The Hall–Kier alpha value is -2.62. The van der Waals surface area contributed by atoms with Gasteiger partial charge >= 0.3 is 0 Å². The van der Waals surface area contributed by atoms with Gasteiger partial charge in [-0.3, -0.25) is 9.59 Å². The summed E-state index contributed by atoms with van der Waals surface area (Å²) < 4.78 is 0. The van der Waals surface area contributed by atoms with Crippen LogP contribution in [0.5, 0.6) is 0 Å². The molecule has 2 aromatic carbocycles. The van der Waals surface area contributed by atoms with Crippen molar-refractivity contribution < 1.29 is 9.59 Å². The summed E-state index contributed by atoms with van der Waals surface area (Å²) >= 11 is 0. The summed E-state index contributed by atoms with van der Waals surface area (Å²) in [4.78, 5) is 23.8. The van der Waals surface area contributed by atoms with Crippen LogP contribution in [0.4, 0.5) is 5.69 Å². The molecule has 2 aromatic rings. The molecule has 4 heteroatoms. The highest BCUT2D eigenvalue weighted by Crippen LogP contribution is 2.17. The lowest BCUT2D eigenvalue weighted by Gasteiger charge is -2.09. The molecule has 126 valence electrons. The largest absolute Gasteiger partial charge is 0.352 e. The van der Waals surface area contributed by atoms with E-state index in [0.29, 0.717) is 18.2 Å². The zero-order chi connectivity index (χ0) is 17.5. The van der Waals surface area contributed by atoms with E-state index < -0.39 is 0 Å². The van der Waals surface area contributed by atoms with Crippen molar-refractivity contribution in [2.45, 2.75) is 39.7 Å². The second-order valence-electron chi connectivity index (χ2n) is 6.27. The number of carbonyl (C=O) groups is 2. The highest BCUT2D eigenvalue weighted by molar-refractivity contribution is 6.03. The maximum atomic E-state index is 11.9. The van der Waals surface area contributed by atoms with Crippen LogP contribution in [0.2, 0.25) is 0 Å². The molecule has 0 radical (unpaired) electrons. The zero-order valence-corrected chi connectivity index (χ0v) is 14.4. The van der Waals surface area contributed by atoms with Crippen molar-refractivity contribution in [1.29, 1.82) is 0 Å². The Labute approximate surface area is 143 Å². The van der Waals surface area contributed by atoms with Crippen LogP contribution in [0.1, 0.15) is 42.9 Å². The van der Waals surface area contributed by atoms with Crippen LogP contribution >= 0.6 is 0 Å². The fraction of sp³-hybridized carbons (Fsp3) is 0.300. The number of nitrogens with one attached hydrogen (secondary N) is 2. The number of anilines is 1. The van der Waals surface area contributed by atoms with Crippen molar-refractivity contribution in [1.82, 2.24) is 5.32 Å². The molecule has 0 unspecified atom stereocenters. The topological polar surface area (TPSA) is 58.2 Å². The van der Waals surface area contributed by atoms with Gasteiger partial charge in [0.05, 0.1) is 0 Å². The lowest BCUT2D eigenvalue weighted by Crippen LogP contribution is -2.27. The number of hydrogen-bond donors (Lipinski definition) is 2. The number of hydrogen-bond acceptors (Lipinski definition) is 2. The molecular formula is C20H24N2O2. The van der Waals surface area contributed by atoms with E-state index in [9.17, 15) is 9.59 Å². The SMILES string of the molecule is Cc1cccc(CNC(=O)CC(=O)Nc2ccc(C(C)C)cc2)c1. The van der Waals surface area contributed by atoms with E-state index in [1.165, 1.54) is 5.56 Å². The number of benzene rings is 2. The molecule has 0 aromatic heterocycles. The molecule has 2 amide bonds. The smallest absolute Gasteiger partial charge is 0.233 e. The predicted octanol–water partition coefficient (Wildman–Crippen LogP) is 3.76. The Kier molecular flexibility index (Phi) is 6.13. The molecule has 24 heavy (non-hydrogen) atoms. The van der Waals surface area contributed by atoms with E-state index >= 15 is 0 Å². The van der Waals surface area contributed by atoms with Crippen LogP contribution in [0.25, 0.3) is 0 Å². The van der Waals surface area contributed by atoms with E-state index in [4.69, 9.17) is 0 Å². The van der Waals surface area contributed by atoms with Crippen LogP contribution in [0, 0.1) is 6.92 Å². The Balaban J connectivity index is 1.80. The zero-order valence-electron chi connectivity index (χ0n) is 14.4. The van der Waals surface area contributed by atoms with Gasteiger partial charge in [0.1, 0.15) is 6.42 Å². The second-order valence-corrected chi connectivity index (χ2v) is 6.27. The molecular weight excluding hydrogens is 300 g/mol. The number of aryl methyl sites for hydroxylation is 1. The van der Waals surface area contributed by atoms with Gasteiger partial charge in [-0.15, -0.1) is 0 Å². The van der Waals surface area contributed by atoms with Gasteiger partial charge in [-0.1, -0.05) is 55.8 Å². The highest BCUT2D eigenvalue weighted by Gasteiger charge is 2.10. The number of rotatable bonds is 6. The maximum absolute atomic E-state index is 11.9. The van der Waals surface area contributed by atoms with Crippen LogP contribution < -0.4 is 10.6 Å². The third-order valence-electron chi connectivity index (χ3n) is 3.75. The first-order valence-corrected chi connectivity index (χ1v) is 8.16. The van der Waals surface area contributed by atoms with Crippen LogP contribution in [-0.4, -0.2) is 11.8 Å². The van der Waals surface area contributed by atoms with E-state index in [1.54, 1.807) is 0 Å². The summed E-state index contributed by atoms with van der Waals surface area (Å²) in [6.07, 6.45) is -0.183. The van der Waals surface area contributed by atoms with E-state index in [1.807, 2.05) is 55.5 Å². The molecule has 0 aliphatic rings. The standard InChI is InChI=1S/C20H24N2O2/c1-14(2)17-7-9-18(10-8-17)22-20(24)12-19(23)21-13-16-6-4-5-15(3)11-16/h4-11,14H,12-13H2,1-3H3,(H,21,23)(H,22,24). The predicted molar refractivity (Wildman–Crippen MR) is 96.8 cm³/mol. The normalized spacial score (nSPS) is 10.5. The summed E-state index contributed by atoms with van der Waals surface area (Å²) in [6.45, 7) is 6.67. The summed E-state index contributed by atoms with van der Waals surface area (Å²) in [7, 11) is 0. The monoisotopic (exact) mass is 324 g/mol. The summed E-state index contributed by atoms with van der Waals surface area (Å²) in [5.41, 5.74) is 4.08. The fourth-order valence-electron chi connectivity index (χ4n) is 2.39. The first kappa shape index (κ1) is 17.7. The van der Waals surface area contributed by atoms with Gasteiger partial charge in [-0.05, 0) is 36.1 Å². The lowest BCUT2D eigenvalue weighted by molar-refractivity contribution is -0.126. The van der Waals surface area contributed by atoms with Gasteiger partial charge in [0, 0.05) is 12.2 Å². The Morgan fingerprint density at radius 3 is 2.33 bits per heavy atom. The number of carbonyl (C=O) groups excluding carboxylic acids is 2. The van der Waals surface area contributed by atoms with Crippen molar-refractivity contribution in [2.75, 3.05) is 5.32 Å². The van der Waals surface area contributed by atoms with Gasteiger partial charge in [0.25, 0.3) is 0 Å². The summed E-state index contributed by atoms with van der Waals surface area (Å²) in [5, 5.41) is 5.51. The first-order chi connectivity index (χ1) is 11.4. The van der Waals surface area contributed by atoms with Gasteiger partial charge < -0.3 is 10.6 Å². The molecule has 0 aliphatic heterocycles. The van der Waals surface area contributed by atoms with Crippen molar-refractivity contribution in [2.24, 2.45) is 0 Å². The molecule has 0 saturated heterocycles. The minimum absolute atomic E-state index is 0.183. The Morgan fingerprint density at radius 1 is 1.00 bits per heavy atom. The minimum atomic E-state index is -0.311. The third-order valence-corrected chi connectivity index (χ3v) is 3.75. The van der Waals surface area contributed by atoms with Crippen LogP contribution in [0.3, 0.4) is 0 Å². The molecule has 0 saturated carbocycles. The summed E-state index contributed by atoms with van der Waals surface area (Å²) in [6, 6.07) is 15.6. The quantitative estimate of drug-likeness (QED) is 0.795. The summed E-state index contributed by atoms with van der Waals surface area (Å²) in [5.74, 6) is -0.149. The molecule has 0 fully saturated rings. The van der Waals surface area contributed by atoms with Gasteiger partial charge in [0.2, 0.25) is 11.8 Å². The van der Waals surface area contributed by atoms with Crippen molar-refractivity contribution in [3.05, 3.63) is 65.2 Å². The molecule has 0 aliphatic carbocycles. The van der Waals surface area contributed by atoms with Gasteiger partial charge in [-0.2, -0.15) is 0 Å². The minimum Gasteiger partial charge on any atom is -0.352 e. The molecule has 2 N–H and O–H groups in total. The molecule has 0 bridgehead atoms. The highest BCUT2D eigenvalue weighted by atomic mass is 16.2. The average molecular weight is 324 g/mol. The van der Waals surface area contributed by atoms with Crippen molar-refractivity contribution in [3.63, 3.8) is 0 Å². The molecule has 0 heterocycles. The second kappa shape index (κ2) is 8.29. The number of amides is 2. The van der Waals surface area contributed by atoms with Gasteiger partial charge in [0.15, 0.2) is 0 Å². The van der Waals surface area contributed by atoms with E-state index in [2.05, 4.69) is 24.5 Å². The van der Waals surface area contributed by atoms with Gasteiger partial charge in [-0.25, -0.2) is 0 Å². The van der Waals surface area contributed by atoms with E-state index in [0.717, 1.165) is 11.1 Å². The van der Waals surface area contributed by atoms with E-state index in [-0.39, 0.29) is 18.2 Å².